The number of benzene rings is 2. The van der Waals surface area contributed by atoms with Crippen molar-refractivity contribution < 1.29 is 26.6 Å². The SMILES string of the molecule is CS(=O)(=O)c1cc(C(=O)Nc2cccc(S(=O)(=O)NC3CC3)c2)cc([N+](=O)[O-])c1. The molecule has 0 aromatic heterocycles. The second kappa shape index (κ2) is 7.54. The lowest BCUT2D eigenvalue weighted by Gasteiger charge is -2.10. The number of hydrogen-bond donors (Lipinski definition) is 2. The Morgan fingerprint density at radius 2 is 1.76 bits per heavy atom. The van der Waals surface area contributed by atoms with Crippen molar-refractivity contribution in [3.05, 3.63) is 58.1 Å². The molecule has 154 valence electrons. The van der Waals surface area contributed by atoms with Gasteiger partial charge in [-0.05, 0) is 37.1 Å². The summed E-state index contributed by atoms with van der Waals surface area (Å²) in [5, 5.41) is 13.5. The quantitative estimate of drug-likeness (QED) is 0.492. The Labute approximate surface area is 167 Å². The van der Waals surface area contributed by atoms with E-state index in [1.54, 1.807) is 0 Å². The van der Waals surface area contributed by atoms with Gasteiger partial charge in [0.15, 0.2) is 9.84 Å². The molecule has 0 bridgehead atoms. The number of non-ortho nitro benzene ring substituents is 1. The van der Waals surface area contributed by atoms with E-state index >= 15 is 0 Å². The molecule has 3 rings (SSSR count). The summed E-state index contributed by atoms with van der Waals surface area (Å²) in [4.78, 5) is 22.4. The van der Waals surface area contributed by atoms with Gasteiger partial charge in [0.2, 0.25) is 10.0 Å². The van der Waals surface area contributed by atoms with Crippen LogP contribution in [0.15, 0.2) is 52.3 Å². The molecule has 1 saturated carbocycles. The Kier molecular flexibility index (Phi) is 5.43. The number of carbonyl (C=O) groups excluding carboxylic acids is 1. The molecule has 29 heavy (non-hydrogen) atoms. The van der Waals surface area contributed by atoms with Crippen molar-refractivity contribution >= 4 is 37.1 Å². The lowest BCUT2D eigenvalue weighted by atomic mass is 10.2. The first-order valence-electron chi connectivity index (χ1n) is 8.39. The summed E-state index contributed by atoms with van der Waals surface area (Å²) >= 11 is 0. The minimum absolute atomic E-state index is 0.0435. The molecule has 1 aliphatic rings. The third-order valence-electron chi connectivity index (χ3n) is 4.09. The predicted molar refractivity (Wildman–Crippen MR) is 104 cm³/mol. The van der Waals surface area contributed by atoms with E-state index < -0.39 is 36.4 Å². The van der Waals surface area contributed by atoms with E-state index in [0.29, 0.717) is 0 Å². The number of anilines is 1. The highest BCUT2D eigenvalue weighted by atomic mass is 32.2. The van der Waals surface area contributed by atoms with Crippen molar-refractivity contribution in [2.45, 2.75) is 28.7 Å². The van der Waals surface area contributed by atoms with Gasteiger partial charge in [-0.15, -0.1) is 0 Å². The number of nitro groups is 1. The van der Waals surface area contributed by atoms with Crippen LogP contribution in [0.25, 0.3) is 0 Å². The molecule has 1 aliphatic carbocycles. The van der Waals surface area contributed by atoms with Crippen LogP contribution >= 0.6 is 0 Å². The molecule has 0 spiro atoms. The van der Waals surface area contributed by atoms with Gasteiger partial charge in [-0.2, -0.15) is 0 Å². The van der Waals surface area contributed by atoms with Crippen LogP contribution in [0, 0.1) is 10.1 Å². The van der Waals surface area contributed by atoms with Gasteiger partial charge in [0.05, 0.1) is 14.7 Å². The topological polar surface area (TPSA) is 153 Å². The lowest BCUT2D eigenvalue weighted by molar-refractivity contribution is -0.385. The highest BCUT2D eigenvalue weighted by molar-refractivity contribution is 7.90. The monoisotopic (exact) mass is 439 g/mol. The van der Waals surface area contributed by atoms with Crippen LogP contribution in [0.2, 0.25) is 0 Å². The molecule has 12 heteroatoms. The second-order valence-corrected chi connectivity index (χ2v) is 10.4. The molecule has 2 aromatic carbocycles. The van der Waals surface area contributed by atoms with E-state index in [1.165, 1.54) is 24.3 Å². The number of amides is 1. The van der Waals surface area contributed by atoms with Crippen molar-refractivity contribution in [1.82, 2.24) is 4.72 Å². The van der Waals surface area contributed by atoms with Crippen molar-refractivity contribution in [2.24, 2.45) is 0 Å². The Hall–Kier alpha value is -2.83. The smallest absolute Gasteiger partial charge is 0.271 e. The van der Waals surface area contributed by atoms with E-state index in [-0.39, 0.29) is 27.1 Å². The molecule has 0 atom stereocenters. The fourth-order valence-electron chi connectivity index (χ4n) is 2.47. The second-order valence-electron chi connectivity index (χ2n) is 6.62. The highest BCUT2D eigenvalue weighted by Crippen LogP contribution is 2.24. The van der Waals surface area contributed by atoms with Gasteiger partial charge in [-0.3, -0.25) is 14.9 Å². The summed E-state index contributed by atoms with van der Waals surface area (Å²) < 4.78 is 50.6. The maximum absolute atomic E-state index is 12.5. The molecule has 10 nitrogen and oxygen atoms in total. The van der Waals surface area contributed by atoms with Gasteiger partial charge in [0.1, 0.15) is 0 Å². The van der Waals surface area contributed by atoms with Gasteiger partial charge in [0, 0.05) is 35.7 Å². The van der Waals surface area contributed by atoms with E-state index in [9.17, 15) is 31.7 Å². The summed E-state index contributed by atoms with van der Waals surface area (Å²) in [5.74, 6) is -0.816. The van der Waals surface area contributed by atoms with Crippen LogP contribution < -0.4 is 10.0 Å². The third-order valence-corrected chi connectivity index (χ3v) is 6.70. The zero-order valence-corrected chi connectivity index (χ0v) is 16.8. The minimum atomic E-state index is -3.79. The fourth-order valence-corrected chi connectivity index (χ4v) is 4.49. The zero-order valence-electron chi connectivity index (χ0n) is 15.2. The molecular weight excluding hydrogens is 422 g/mol. The van der Waals surface area contributed by atoms with E-state index in [4.69, 9.17) is 0 Å². The summed E-state index contributed by atoms with van der Waals surface area (Å²) in [7, 11) is -7.53. The standard InChI is InChI=1S/C17H17N3O7S2/c1-28(24,25)16-8-11(7-14(10-16)20(22)23)17(21)18-13-3-2-4-15(9-13)29(26,27)19-12-5-6-12/h2-4,7-10,12,19H,5-6H2,1H3,(H,18,21). The largest absolute Gasteiger partial charge is 0.322 e. The molecule has 0 saturated heterocycles. The maximum atomic E-state index is 12.5. The minimum Gasteiger partial charge on any atom is -0.322 e. The number of rotatable bonds is 7. The van der Waals surface area contributed by atoms with E-state index in [1.807, 2.05) is 0 Å². The van der Waals surface area contributed by atoms with Gasteiger partial charge in [-0.1, -0.05) is 6.07 Å². The van der Waals surface area contributed by atoms with Gasteiger partial charge < -0.3 is 5.32 Å². The van der Waals surface area contributed by atoms with Crippen molar-refractivity contribution in [1.29, 1.82) is 0 Å². The summed E-state index contributed by atoms with van der Waals surface area (Å²) in [6, 6.07) is 8.25. The number of sulfonamides is 1. The Morgan fingerprint density at radius 3 is 2.34 bits per heavy atom. The van der Waals surface area contributed by atoms with Crippen molar-refractivity contribution in [2.75, 3.05) is 11.6 Å². The number of hydrogen-bond acceptors (Lipinski definition) is 7. The molecule has 0 aliphatic heterocycles. The maximum Gasteiger partial charge on any atom is 0.271 e. The molecule has 2 N–H and O–H groups in total. The summed E-state index contributed by atoms with van der Waals surface area (Å²) in [5.41, 5.74) is -0.659. The number of nitrogens with zero attached hydrogens (tertiary/aromatic N) is 1. The number of carbonyl (C=O) groups is 1. The molecular formula is C17H17N3O7S2. The van der Waals surface area contributed by atoms with Crippen molar-refractivity contribution in [3.8, 4) is 0 Å². The van der Waals surface area contributed by atoms with Gasteiger partial charge in [-0.25, -0.2) is 21.6 Å². The summed E-state index contributed by atoms with van der Waals surface area (Å²) in [6.45, 7) is 0. The first kappa shape index (κ1) is 20.9. The van der Waals surface area contributed by atoms with Crippen LogP contribution in [0.1, 0.15) is 23.2 Å². The zero-order chi connectivity index (χ0) is 21.4. The number of sulfone groups is 1. The molecule has 0 unspecified atom stereocenters. The Morgan fingerprint density at radius 1 is 1.07 bits per heavy atom. The number of nitro benzene ring substituents is 1. The lowest BCUT2D eigenvalue weighted by Crippen LogP contribution is -2.25. The number of nitrogens with one attached hydrogen (secondary N) is 2. The fraction of sp³-hybridized carbons (Fsp3) is 0.235. The molecule has 1 fully saturated rings. The average Bonchev–Trinajstić information content (AvgIpc) is 3.44. The van der Waals surface area contributed by atoms with Crippen LogP contribution in [0.3, 0.4) is 0 Å². The molecule has 0 radical (unpaired) electrons. The summed E-state index contributed by atoms with van der Waals surface area (Å²) in [6.07, 6.45) is 2.41. The van der Waals surface area contributed by atoms with Gasteiger partial charge >= 0.3 is 0 Å². The first-order chi connectivity index (χ1) is 13.5. The molecule has 2 aromatic rings. The van der Waals surface area contributed by atoms with Crippen molar-refractivity contribution in [3.63, 3.8) is 0 Å². The average molecular weight is 439 g/mol. The molecule has 0 heterocycles. The molecule has 1 amide bonds. The predicted octanol–water partition coefficient (Wildman–Crippen LogP) is 1.69. The van der Waals surface area contributed by atoms with Crippen LogP contribution in [-0.2, 0) is 19.9 Å². The highest BCUT2D eigenvalue weighted by Gasteiger charge is 2.28. The van der Waals surface area contributed by atoms with Crippen LogP contribution in [-0.4, -0.2) is 40.0 Å². The van der Waals surface area contributed by atoms with E-state index in [0.717, 1.165) is 37.3 Å². The third kappa shape index (κ3) is 5.16. The Bertz CT molecular complexity index is 1200. The normalized spacial score (nSPS) is 14.4. The van der Waals surface area contributed by atoms with Crippen LogP contribution in [0.5, 0.6) is 0 Å². The van der Waals surface area contributed by atoms with Gasteiger partial charge in [0.25, 0.3) is 11.6 Å². The van der Waals surface area contributed by atoms with Crippen LogP contribution in [0.4, 0.5) is 11.4 Å². The van der Waals surface area contributed by atoms with E-state index in [2.05, 4.69) is 10.0 Å². The Balaban J connectivity index is 1.90. The first-order valence-corrected chi connectivity index (χ1v) is 11.8.